The molecule has 0 aliphatic rings. The SMILES string of the molecule is CCOC(=O)c1cc(Cl)ccc1-c1ccccc1.CCOC(=O)c1cc(Cl)ccc1I.O=C(O)c1cc(Cl)ccc1-c1ccccc1.OB(O)c1ccccc1.[Pd].c1ccc(P(c2ccccc2)c2ccccc2)cc1.c1ccc(P(c2ccccc2)c2ccccc2)cc1.c1ccc(P(c2ccccc2)c2ccccc2)cc1.c1ccc(P(c2ccccc2)c2ccccc2)cc1. The molecule has 0 aliphatic carbocycles. The largest absolute Gasteiger partial charge is 0.488 e. The molecular weight excluding hydrogens is 1980 g/mol. The molecule has 3 N–H and O–H groups in total. The molecule has 0 aliphatic heterocycles. The van der Waals surface area contributed by atoms with E-state index in [2.05, 4.69) is 387 Å². The van der Waals surface area contributed by atoms with Gasteiger partial charge in [-0.15, -0.1) is 0 Å². The summed E-state index contributed by atoms with van der Waals surface area (Å²) in [5.74, 6) is -1.64. The van der Waals surface area contributed by atoms with E-state index in [0.717, 1.165) is 20.3 Å². The summed E-state index contributed by atoms with van der Waals surface area (Å²) in [4.78, 5) is 34.3. The first-order chi connectivity index (χ1) is 64.7. The molecule has 18 aromatic rings. The van der Waals surface area contributed by atoms with Crippen LogP contribution in [0.4, 0.5) is 0 Å². The minimum atomic E-state index is -1.34. The van der Waals surface area contributed by atoms with Crippen LogP contribution in [0.15, 0.2) is 510 Å². The van der Waals surface area contributed by atoms with Crippen LogP contribution in [0.5, 0.6) is 0 Å². The molecule has 0 saturated heterocycles. The van der Waals surface area contributed by atoms with Gasteiger partial charge >= 0.3 is 25.0 Å². The van der Waals surface area contributed by atoms with Crippen molar-refractivity contribution in [1.29, 1.82) is 0 Å². The molecule has 0 unspecified atom stereocenters. The summed E-state index contributed by atoms with van der Waals surface area (Å²) >= 11 is 19.5. The Morgan fingerprint density at radius 3 is 0.647 bits per heavy atom. The first-order valence-corrected chi connectivity index (χ1v) is 50.2. The Hall–Kier alpha value is -11.7. The molecule has 0 amide bonds. The van der Waals surface area contributed by atoms with Crippen LogP contribution in [-0.2, 0) is 29.9 Å². The average Bonchev–Trinajstić information content (AvgIpc) is 0.826. The Morgan fingerprint density at radius 2 is 0.444 bits per heavy atom. The number of esters is 2. The second-order valence-corrected chi connectivity index (χ2v) is 40.0. The van der Waals surface area contributed by atoms with Crippen LogP contribution in [-0.4, -0.2) is 53.4 Å². The van der Waals surface area contributed by atoms with E-state index in [0.29, 0.717) is 50.4 Å². The zero-order chi connectivity index (χ0) is 92.7. The fourth-order valence-corrected chi connectivity index (χ4v) is 23.8. The predicted octanol–water partition coefficient (Wildman–Crippen LogP) is 24.2. The molecule has 0 saturated carbocycles. The van der Waals surface area contributed by atoms with Gasteiger partial charge in [-0.25, -0.2) is 14.4 Å². The Kier molecular flexibility index (Phi) is 44.9. The maximum absolute atomic E-state index is 11.9. The average molecular weight is 2080 g/mol. The van der Waals surface area contributed by atoms with Gasteiger partial charge in [-0.05, 0) is 202 Å². The second-order valence-electron chi connectivity index (χ2n) is 28.6. The number of benzene rings is 18. The molecule has 0 aromatic heterocycles. The first kappa shape index (κ1) is 103. The molecule has 0 radical (unpaired) electrons. The van der Waals surface area contributed by atoms with Crippen LogP contribution in [0.1, 0.15) is 44.9 Å². The van der Waals surface area contributed by atoms with Crippen LogP contribution in [0.25, 0.3) is 22.3 Å². The second kappa shape index (κ2) is 57.7. The third-order valence-corrected chi connectivity index (χ3v) is 31.0. The zero-order valence-corrected chi connectivity index (χ0v) is 82.5. The van der Waals surface area contributed by atoms with E-state index in [4.69, 9.17) is 59.4 Å². The number of aromatic carboxylic acids is 1. The summed E-state index contributed by atoms with van der Waals surface area (Å²) in [6.45, 7) is 4.28. The maximum atomic E-state index is 11.9. The van der Waals surface area contributed by atoms with Crippen molar-refractivity contribution in [2.75, 3.05) is 13.2 Å². The number of carboxylic acids is 1. The van der Waals surface area contributed by atoms with Gasteiger partial charge in [0.1, 0.15) is 0 Å². The Labute approximate surface area is 829 Å². The van der Waals surface area contributed by atoms with Crippen molar-refractivity contribution < 1.29 is 59.4 Å². The molecule has 18 rings (SSSR count). The summed E-state index contributed by atoms with van der Waals surface area (Å²) < 4.78 is 10.8. The summed E-state index contributed by atoms with van der Waals surface area (Å²) in [5.41, 5.74) is 5.12. The molecule has 8 nitrogen and oxygen atoms in total. The van der Waals surface area contributed by atoms with Crippen LogP contribution in [0, 0.1) is 3.57 Å². The van der Waals surface area contributed by atoms with Crippen molar-refractivity contribution in [3.8, 4) is 22.3 Å². The Morgan fingerprint density at radius 1 is 0.263 bits per heavy atom. The summed E-state index contributed by atoms with van der Waals surface area (Å²) in [5, 5.41) is 44.5. The summed E-state index contributed by atoms with van der Waals surface area (Å²) in [7, 11) is -3.13. The van der Waals surface area contributed by atoms with Crippen molar-refractivity contribution in [3.05, 3.63) is 545 Å². The molecule has 133 heavy (non-hydrogen) atoms. The van der Waals surface area contributed by atoms with Crippen LogP contribution in [0.3, 0.4) is 0 Å². The zero-order valence-electron chi connectivity index (χ0n) is 73.0. The van der Waals surface area contributed by atoms with E-state index in [-0.39, 0.29) is 37.9 Å². The fraction of sp³-hybridized carbons (Fsp3) is 0.0348. The van der Waals surface area contributed by atoms with E-state index in [1.165, 1.54) is 69.7 Å². The molecule has 666 valence electrons. The number of carbonyl (C=O) groups is 3. The maximum Gasteiger partial charge on any atom is 0.488 e. The van der Waals surface area contributed by atoms with Gasteiger partial charge in [-0.1, -0.05) is 502 Å². The van der Waals surface area contributed by atoms with Gasteiger partial charge in [0.15, 0.2) is 0 Å². The normalized spacial score (nSPS) is 10.2. The number of hydrogen-bond acceptors (Lipinski definition) is 7. The Bertz CT molecular complexity index is 5530. The molecule has 0 spiro atoms. The van der Waals surface area contributed by atoms with Crippen LogP contribution < -0.4 is 69.1 Å². The van der Waals surface area contributed by atoms with Gasteiger partial charge in [0.05, 0.1) is 29.9 Å². The number of hydrogen-bond donors (Lipinski definition) is 3. The van der Waals surface area contributed by atoms with Crippen molar-refractivity contribution >= 4 is 183 Å². The molecule has 0 bridgehead atoms. The number of rotatable bonds is 20. The summed E-state index contributed by atoms with van der Waals surface area (Å²) in [6, 6.07) is 172. The van der Waals surface area contributed by atoms with Gasteiger partial charge < -0.3 is 24.6 Å². The predicted molar refractivity (Wildman–Crippen MR) is 574 cm³/mol. The van der Waals surface area contributed by atoms with E-state index < -0.39 is 44.8 Å². The Balaban J connectivity index is 0.000000159. The van der Waals surface area contributed by atoms with E-state index in [1.807, 2.05) is 72.8 Å². The molecule has 0 atom stereocenters. The first-order valence-electron chi connectivity index (χ1n) is 42.6. The van der Waals surface area contributed by atoms with E-state index in [1.54, 1.807) is 80.6 Å². The van der Waals surface area contributed by atoms with Crippen molar-refractivity contribution in [3.63, 3.8) is 0 Å². The quantitative estimate of drug-likeness (QED) is 0.0298. The van der Waals surface area contributed by atoms with Gasteiger partial charge in [0, 0.05) is 39.1 Å². The summed E-state index contributed by atoms with van der Waals surface area (Å²) in [6.07, 6.45) is 0. The molecule has 0 heterocycles. The number of carboxylic acid groups (broad SMARTS) is 1. The van der Waals surface area contributed by atoms with Crippen molar-refractivity contribution in [2.45, 2.75) is 13.8 Å². The monoisotopic (exact) mass is 2080 g/mol. The number of carbonyl (C=O) groups excluding carboxylic acids is 2. The van der Waals surface area contributed by atoms with Gasteiger partial charge in [0.2, 0.25) is 0 Å². The number of ether oxygens (including phenoxy) is 2. The molecule has 18 heteroatoms. The third-order valence-electron chi connectivity index (χ3n) is 19.6. The van der Waals surface area contributed by atoms with Gasteiger partial charge in [0.25, 0.3) is 0 Å². The fourth-order valence-electron chi connectivity index (χ4n) is 13.5. The van der Waals surface area contributed by atoms with E-state index >= 15 is 0 Å². The van der Waals surface area contributed by atoms with Gasteiger partial charge in [-0.3, -0.25) is 0 Å². The van der Waals surface area contributed by atoms with Gasteiger partial charge in [-0.2, -0.15) is 0 Å². The van der Waals surface area contributed by atoms with Crippen LogP contribution >= 0.6 is 89.1 Å². The van der Waals surface area contributed by atoms with Crippen molar-refractivity contribution in [2.24, 2.45) is 0 Å². The third kappa shape index (κ3) is 33.2. The number of halogens is 4. The topological polar surface area (TPSA) is 130 Å². The smallest absolute Gasteiger partial charge is 0.478 e. The van der Waals surface area contributed by atoms with E-state index in [9.17, 15) is 14.4 Å². The molecule has 0 fully saturated rings. The van der Waals surface area contributed by atoms with Crippen LogP contribution in [0.2, 0.25) is 15.1 Å². The van der Waals surface area contributed by atoms with Crippen molar-refractivity contribution in [1.82, 2.24) is 0 Å². The molecule has 18 aromatic carbocycles. The minimum Gasteiger partial charge on any atom is -0.478 e. The standard InChI is InChI=1S/4C18H15P.C15H13ClO2.C13H9ClO2.C9H8ClIO2.C6H7BO2.Pd/c4*1-4-10-16(11-5-1)19(17-12-6-2-7-13-17)18-14-8-3-9-15-18;1-2-18-15(17)14-10-12(16)8-9-13(14)11-6-4-3-5-7-11;14-10-6-7-11(12(8-10)13(15)16)9-4-2-1-3-5-9;1-2-13-9(12)7-5-6(10)3-4-8(7)11;8-7(9)6-4-2-1-3-5-6;/h4*1-15H;3-10H,2H2,1H3;1-8H,(H,15,16);3-5H,2H2,1H3;1-5,8-9H;. The molecular formula is C115H97BCl3IO8P4Pd. The minimum absolute atomic E-state index is 0.